The van der Waals surface area contributed by atoms with Crippen LogP contribution in [-0.4, -0.2) is 32.4 Å². The van der Waals surface area contributed by atoms with E-state index in [1.165, 1.54) is 0 Å². The monoisotopic (exact) mass is 411 g/mol. The number of ether oxygens (including phenoxy) is 1. The number of fused-ring (bicyclic) bond motifs is 2. The van der Waals surface area contributed by atoms with Gasteiger partial charge in [-0.3, -0.25) is 14.8 Å². The van der Waals surface area contributed by atoms with Crippen molar-refractivity contribution in [1.82, 2.24) is 19.9 Å². The lowest BCUT2D eigenvalue weighted by molar-refractivity contribution is 0.0594. The summed E-state index contributed by atoms with van der Waals surface area (Å²) in [4.78, 5) is 28.5. The fraction of sp³-hybridized carbons (Fsp3) is 0.167. The van der Waals surface area contributed by atoms with E-state index in [2.05, 4.69) is 15.0 Å². The van der Waals surface area contributed by atoms with Crippen LogP contribution in [0.3, 0.4) is 0 Å². The van der Waals surface area contributed by atoms with Crippen LogP contribution in [0.25, 0.3) is 10.9 Å². The number of carbonyl (C=O) groups is 1. The lowest BCUT2D eigenvalue weighted by Gasteiger charge is -2.35. The number of hydrogen-bond donors (Lipinski definition) is 1. The fourth-order valence-corrected chi connectivity index (χ4v) is 3.95. The zero-order chi connectivity index (χ0) is 21.2. The Morgan fingerprint density at radius 3 is 2.87 bits per heavy atom. The Morgan fingerprint density at radius 2 is 2.00 bits per heavy atom. The molecule has 1 aliphatic rings. The van der Waals surface area contributed by atoms with Gasteiger partial charge in [-0.15, -0.1) is 0 Å². The molecule has 3 aromatic heterocycles. The molecular weight excluding hydrogens is 390 g/mol. The molecule has 0 saturated carbocycles. The van der Waals surface area contributed by atoms with E-state index >= 15 is 0 Å². The topological polar surface area (TPSA) is 94.2 Å². The maximum atomic E-state index is 13.6. The number of pyridine rings is 3. The number of nitrogens with zero attached hydrogens (tertiary/aromatic N) is 4. The highest BCUT2D eigenvalue weighted by Gasteiger charge is 2.32. The van der Waals surface area contributed by atoms with E-state index in [0.29, 0.717) is 31.0 Å². The molecule has 1 aliphatic heterocycles. The Bertz CT molecular complexity index is 1250. The van der Waals surface area contributed by atoms with Gasteiger partial charge in [0.15, 0.2) is 0 Å². The molecule has 4 aromatic rings. The Morgan fingerprint density at radius 1 is 1.13 bits per heavy atom. The maximum absolute atomic E-state index is 13.6. The SMILES string of the molecule is Nc1ccc2ccc(CN(C(=O)c3cccnc3)C3CCOc4cccnc43)cc2n1. The highest BCUT2D eigenvalue weighted by Crippen LogP contribution is 2.36. The van der Waals surface area contributed by atoms with Gasteiger partial charge in [-0.25, -0.2) is 4.98 Å². The van der Waals surface area contributed by atoms with Crippen LogP contribution in [0.1, 0.15) is 34.1 Å². The molecule has 4 heterocycles. The number of amides is 1. The molecule has 2 N–H and O–H groups in total. The second-order valence-electron chi connectivity index (χ2n) is 7.48. The maximum Gasteiger partial charge on any atom is 0.256 e. The van der Waals surface area contributed by atoms with Crippen LogP contribution in [-0.2, 0) is 6.54 Å². The second-order valence-corrected chi connectivity index (χ2v) is 7.48. The Hall–Kier alpha value is -4.00. The van der Waals surface area contributed by atoms with E-state index in [1.54, 1.807) is 36.8 Å². The molecule has 1 unspecified atom stereocenters. The number of benzene rings is 1. The van der Waals surface area contributed by atoms with Gasteiger partial charge in [-0.2, -0.15) is 0 Å². The number of aromatic nitrogens is 3. The molecule has 5 rings (SSSR count). The van der Waals surface area contributed by atoms with Crippen LogP contribution < -0.4 is 10.5 Å². The number of anilines is 1. The van der Waals surface area contributed by atoms with E-state index < -0.39 is 0 Å². The molecule has 1 amide bonds. The number of hydrogen-bond acceptors (Lipinski definition) is 6. The molecule has 0 fully saturated rings. The number of rotatable bonds is 4. The quantitative estimate of drug-likeness (QED) is 0.549. The van der Waals surface area contributed by atoms with E-state index in [4.69, 9.17) is 10.5 Å². The third-order valence-corrected chi connectivity index (χ3v) is 5.44. The van der Waals surface area contributed by atoms with Crippen molar-refractivity contribution >= 4 is 22.6 Å². The molecule has 7 heteroatoms. The molecule has 0 radical (unpaired) electrons. The van der Waals surface area contributed by atoms with Crippen LogP contribution in [0.5, 0.6) is 5.75 Å². The summed E-state index contributed by atoms with van der Waals surface area (Å²) in [6, 6.07) is 16.8. The normalized spacial score (nSPS) is 15.2. The number of carbonyl (C=O) groups excluding carboxylic acids is 1. The van der Waals surface area contributed by atoms with Gasteiger partial charge in [-0.1, -0.05) is 12.1 Å². The lowest BCUT2D eigenvalue weighted by Crippen LogP contribution is -2.37. The molecule has 0 aliphatic carbocycles. The molecule has 0 saturated heterocycles. The molecule has 0 spiro atoms. The molecule has 1 aromatic carbocycles. The van der Waals surface area contributed by atoms with Gasteiger partial charge in [0.1, 0.15) is 17.3 Å². The Kier molecular flexibility index (Phi) is 4.92. The van der Waals surface area contributed by atoms with E-state index in [-0.39, 0.29) is 11.9 Å². The van der Waals surface area contributed by atoms with Gasteiger partial charge in [0, 0.05) is 36.9 Å². The van der Waals surface area contributed by atoms with Crippen molar-refractivity contribution in [3.05, 3.63) is 90.0 Å². The van der Waals surface area contributed by atoms with Crippen LogP contribution in [0.4, 0.5) is 5.82 Å². The summed E-state index contributed by atoms with van der Waals surface area (Å²) in [6.45, 7) is 0.927. The molecule has 7 nitrogen and oxygen atoms in total. The first-order chi connectivity index (χ1) is 15.2. The number of nitrogen functional groups attached to an aromatic ring is 1. The predicted molar refractivity (Wildman–Crippen MR) is 117 cm³/mol. The average molecular weight is 411 g/mol. The summed E-state index contributed by atoms with van der Waals surface area (Å²) in [6.07, 6.45) is 5.65. The molecule has 154 valence electrons. The summed E-state index contributed by atoms with van der Waals surface area (Å²) in [5, 5.41) is 1.00. The zero-order valence-electron chi connectivity index (χ0n) is 16.8. The summed E-state index contributed by atoms with van der Waals surface area (Å²) < 4.78 is 5.77. The van der Waals surface area contributed by atoms with Gasteiger partial charge in [-0.05, 0) is 48.0 Å². The van der Waals surface area contributed by atoms with E-state index in [9.17, 15) is 4.79 Å². The molecule has 31 heavy (non-hydrogen) atoms. The molecule has 0 bridgehead atoms. The minimum atomic E-state index is -0.206. The van der Waals surface area contributed by atoms with Crippen molar-refractivity contribution in [2.45, 2.75) is 19.0 Å². The van der Waals surface area contributed by atoms with E-state index in [0.717, 1.165) is 27.9 Å². The minimum Gasteiger partial charge on any atom is -0.491 e. The first-order valence-electron chi connectivity index (χ1n) is 10.1. The van der Waals surface area contributed by atoms with E-state index in [1.807, 2.05) is 41.3 Å². The summed E-state index contributed by atoms with van der Waals surface area (Å²) in [5.41, 5.74) is 8.94. The molecule has 1 atom stereocenters. The van der Waals surface area contributed by atoms with Crippen molar-refractivity contribution in [2.75, 3.05) is 12.3 Å². The van der Waals surface area contributed by atoms with Crippen LogP contribution >= 0.6 is 0 Å². The third-order valence-electron chi connectivity index (χ3n) is 5.44. The van der Waals surface area contributed by atoms with Gasteiger partial charge in [0.05, 0.1) is 23.7 Å². The van der Waals surface area contributed by atoms with Crippen molar-refractivity contribution in [1.29, 1.82) is 0 Å². The van der Waals surface area contributed by atoms with Gasteiger partial charge in [0.2, 0.25) is 0 Å². The second kappa shape index (κ2) is 8.02. The fourth-order valence-electron chi connectivity index (χ4n) is 3.95. The first-order valence-corrected chi connectivity index (χ1v) is 10.1. The van der Waals surface area contributed by atoms with Crippen molar-refractivity contribution in [3.63, 3.8) is 0 Å². The number of nitrogens with two attached hydrogens (primary N) is 1. The van der Waals surface area contributed by atoms with Crippen LogP contribution in [0.2, 0.25) is 0 Å². The largest absolute Gasteiger partial charge is 0.491 e. The van der Waals surface area contributed by atoms with Crippen molar-refractivity contribution in [3.8, 4) is 5.75 Å². The van der Waals surface area contributed by atoms with Crippen LogP contribution in [0, 0.1) is 0 Å². The van der Waals surface area contributed by atoms with Gasteiger partial charge >= 0.3 is 0 Å². The van der Waals surface area contributed by atoms with Crippen LogP contribution in [0.15, 0.2) is 73.2 Å². The standard InChI is InChI=1S/C24H21N5O2/c25-22-8-7-17-6-5-16(13-19(17)28-22)15-29(24(30)18-3-1-10-26-14-18)20-9-12-31-21-4-2-11-27-23(20)21/h1-8,10-11,13-14,20H,9,12,15H2,(H2,25,28). The van der Waals surface area contributed by atoms with Crippen molar-refractivity contribution in [2.24, 2.45) is 0 Å². The minimum absolute atomic E-state index is 0.0998. The highest BCUT2D eigenvalue weighted by molar-refractivity contribution is 5.94. The summed E-state index contributed by atoms with van der Waals surface area (Å²) in [7, 11) is 0. The zero-order valence-corrected chi connectivity index (χ0v) is 16.8. The Labute approximate surface area is 179 Å². The average Bonchev–Trinajstić information content (AvgIpc) is 2.82. The summed E-state index contributed by atoms with van der Waals surface area (Å²) >= 11 is 0. The first kappa shape index (κ1) is 19.0. The molecular formula is C24H21N5O2. The smallest absolute Gasteiger partial charge is 0.256 e. The highest BCUT2D eigenvalue weighted by atomic mass is 16.5. The Balaban J connectivity index is 1.55. The van der Waals surface area contributed by atoms with Crippen molar-refractivity contribution < 1.29 is 9.53 Å². The van der Waals surface area contributed by atoms with Gasteiger partial charge < -0.3 is 15.4 Å². The van der Waals surface area contributed by atoms with Gasteiger partial charge in [0.25, 0.3) is 5.91 Å². The predicted octanol–water partition coefficient (Wildman–Crippen LogP) is 3.77. The summed E-state index contributed by atoms with van der Waals surface area (Å²) in [5.74, 6) is 1.09. The third kappa shape index (κ3) is 3.77. The lowest BCUT2D eigenvalue weighted by atomic mass is 10.0.